The highest BCUT2D eigenvalue weighted by Gasteiger charge is 2.04. The second kappa shape index (κ2) is 7.17. The van der Waals surface area contributed by atoms with Crippen LogP contribution in [0.25, 0.3) is 10.8 Å². The van der Waals surface area contributed by atoms with Crippen LogP contribution in [0.3, 0.4) is 0 Å². The Bertz CT molecular complexity index is 827. The lowest BCUT2D eigenvalue weighted by Gasteiger charge is -2.08. The van der Waals surface area contributed by atoms with Gasteiger partial charge in [-0.15, -0.1) is 0 Å². The fourth-order valence-corrected chi connectivity index (χ4v) is 2.13. The Hall–Kier alpha value is -3.21. The van der Waals surface area contributed by atoms with Crippen molar-refractivity contribution in [1.29, 1.82) is 0 Å². The smallest absolute Gasteiger partial charge is 0.277 e. The van der Waals surface area contributed by atoms with Gasteiger partial charge in [-0.2, -0.15) is 5.10 Å². The van der Waals surface area contributed by atoms with Gasteiger partial charge in [0.25, 0.3) is 5.91 Å². The summed E-state index contributed by atoms with van der Waals surface area (Å²) in [6.45, 7) is -0.0955. The first-order valence-corrected chi connectivity index (χ1v) is 7.15. The summed E-state index contributed by atoms with van der Waals surface area (Å²) in [5.74, 6) is 0.361. The molecule has 1 heterocycles. The van der Waals surface area contributed by atoms with Crippen molar-refractivity contribution in [3.63, 3.8) is 0 Å². The summed E-state index contributed by atoms with van der Waals surface area (Å²) in [5.41, 5.74) is 3.29. The average molecular weight is 305 g/mol. The summed E-state index contributed by atoms with van der Waals surface area (Å²) in [4.78, 5) is 15.7. The molecular weight excluding hydrogens is 290 g/mol. The minimum absolute atomic E-state index is 0.0955. The summed E-state index contributed by atoms with van der Waals surface area (Å²) in [6, 6.07) is 17.2. The molecular formula is C18H15N3O2. The molecule has 0 radical (unpaired) electrons. The van der Waals surface area contributed by atoms with Gasteiger partial charge in [-0.05, 0) is 29.1 Å². The van der Waals surface area contributed by atoms with Gasteiger partial charge >= 0.3 is 0 Å². The first kappa shape index (κ1) is 14.7. The van der Waals surface area contributed by atoms with Crippen molar-refractivity contribution >= 4 is 22.9 Å². The van der Waals surface area contributed by atoms with Crippen LogP contribution < -0.4 is 10.2 Å². The normalized spacial score (nSPS) is 10.8. The minimum atomic E-state index is -0.316. The largest absolute Gasteiger partial charge is 0.483 e. The zero-order valence-electron chi connectivity index (χ0n) is 12.3. The molecule has 0 aliphatic carbocycles. The first-order chi connectivity index (χ1) is 11.3. The third kappa shape index (κ3) is 3.91. The van der Waals surface area contributed by atoms with Gasteiger partial charge in [0.1, 0.15) is 5.75 Å². The lowest BCUT2D eigenvalue weighted by Crippen LogP contribution is -2.24. The van der Waals surface area contributed by atoms with Gasteiger partial charge < -0.3 is 4.74 Å². The Labute approximate surface area is 133 Å². The molecule has 0 unspecified atom stereocenters. The number of benzene rings is 2. The van der Waals surface area contributed by atoms with E-state index in [1.165, 1.54) is 0 Å². The third-order valence-electron chi connectivity index (χ3n) is 3.22. The number of hydrogen-bond acceptors (Lipinski definition) is 4. The average Bonchev–Trinajstić information content (AvgIpc) is 2.61. The van der Waals surface area contributed by atoms with Gasteiger partial charge in [0, 0.05) is 17.8 Å². The molecule has 0 bridgehead atoms. The van der Waals surface area contributed by atoms with Crippen molar-refractivity contribution < 1.29 is 9.53 Å². The van der Waals surface area contributed by atoms with Crippen molar-refractivity contribution in [2.24, 2.45) is 5.10 Å². The standard InChI is InChI=1S/C18H15N3O2/c22-18(21-20-12-14-8-10-19-11-9-14)13-23-17-7-3-5-15-4-1-2-6-16(15)17/h1-12H,13H2,(H,21,22)/b20-12-. The molecule has 0 saturated carbocycles. The quantitative estimate of drug-likeness (QED) is 0.582. The molecule has 114 valence electrons. The maximum absolute atomic E-state index is 11.8. The summed E-state index contributed by atoms with van der Waals surface area (Å²) in [5, 5.41) is 5.93. The summed E-state index contributed by atoms with van der Waals surface area (Å²) in [7, 11) is 0. The van der Waals surface area contributed by atoms with Gasteiger partial charge in [-0.1, -0.05) is 36.4 Å². The van der Waals surface area contributed by atoms with E-state index in [4.69, 9.17) is 4.74 Å². The van der Waals surface area contributed by atoms with E-state index in [1.54, 1.807) is 30.7 Å². The number of carbonyl (C=O) groups excluding carboxylic acids is 1. The van der Waals surface area contributed by atoms with Crippen molar-refractivity contribution in [1.82, 2.24) is 10.4 Å². The second-order valence-corrected chi connectivity index (χ2v) is 4.84. The zero-order valence-corrected chi connectivity index (χ0v) is 12.3. The fraction of sp³-hybridized carbons (Fsp3) is 0.0556. The molecule has 0 atom stereocenters. The van der Waals surface area contributed by atoms with Crippen molar-refractivity contribution in [2.75, 3.05) is 6.61 Å². The van der Waals surface area contributed by atoms with Crippen LogP contribution in [0, 0.1) is 0 Å². The topological polar surface area (TPSA) is 63.6 Å². The van der Waals surface area contributed by atoms with Crippen LogP contribution in [0.15, 0.2) is 72.1 Å². The Balaban J connectivity index is 1.57. The number of nitrogens with zero attached hydrogens (tertiary/aromatic N) is 2. The number of pyridine rings is 1. The number of fused-ring (bicyclic) bond motifs is 1. The Morgan fingerprint density at radius 1 is 1.09 bits per heavy atom. The van der Waals surface area contributed by atoms with Crippen LogP contribution in [-0.4, -0.2) is 23.7 Å². The van der Waals surface area contributed by atoms with Crippen LogP contribution >= 0.6 is 0 Å². The van der Waals surface area contributed by atoms with Gasteiger partial charge in [0.05, 0.1) is 6.21 Å². The molecule has 0 aliphatic rings. The molecule has 0 spiro atoms. The molecule has 0 fully saturated rings. The second-order valence-electron chi connectivity index (χ2n) is 4.84. The third-order valence-corrected chi connectivity index (χ3v) is 3.22. The predicted molar refractivity (Wildman–Crippen MR) is 89.4 cm³/mol. The minimum Gasteiger partial charge on any atom is -0.483 e. The van der Waals surface area contributed by atoms with Gasteiger partial charge in [0.2, 0.25) is 0 Å². The van der Waals surface area contributed by atoms with Crippen LogP contribution in [0.1, 0.15) is 5.56 Å². The molecule has 5 heteroatoms. The predicted octanol–water partition coefficient (Wildman–Crippen LogP) is 2.76. The number of hydrogen-bond donors (Lipinski definition) is 1. The molecule has 3 rings (SSSR count). The highest BCUT2D eigenvalue weighted by Crippen LogP contribution is 2.24. The van der Waals surface area contributed by atoms with E-state index in [9.17, 15) is 4.79 Å². The van der Waals surface area contributed by atoms with Crippen molar-refractivity contribution in [2.45, 2.75) is 0 Å². The number of aromatic nitrogens is 1. The number of nitrogens with one attached hydrogen (secondary N) is 1. The lowest BCUT2D eigenvalue weighted by molar-refractivity contribution is -0.123. The Kier molecular flexibility index (Phi) is 4.59. The van der Waals surface area contributed by atoms with E-state index in [-0.39, 0.29) is 12.5 Å². The molecule has 0 saturated heterocycles. The van der Waals surface area contributed by atoms with E-state index in [0.717, 1.165) is 16.3 Å². The van der Waals surface area contributed by atoms with Gasteiger partial charge in [-0.3, -0.25) is 9.78 Å². The number of amides is 1. The van der Waals surface area contributed by atoms with E-state index >= 15 is 0 Å². The molecule has 1 amide bonds. The Morgan fingerprint density at radius 2 is 1.87 bits per heavy atom. The van der Waals surface area contributed by atoms with E-state index < -0.39 is 0 Å². The fourth-order valence-electron chi connectivity index (χ4n) is 2.13. The van der Waals surface area contributed by atoms with Crippen molar-refractivity contribution in [3.8, 4) is 5.75 Å². The van der Waals surface area contributed by atoms with Gasteiger partial charge in [-0.25, -0.2) is 5.43 Å². The Morgan fingerprint density at radius 3 is 2.74 bits per heavy atom. The molecule has 23 heavy (non-hydrogen) atoms. The maximum Gasteiger partial charge on any atom is 0.277 e. The monoisotopic (exact) mass is 305 g/mol. The highest BCUT2D eigenvalue weighted by molar-refractivity contribution is 5.88. The summed E-state index contributed by atoms with van der Waals surface area (Å²) < 4.78 is 5.59. The molecule has 0 aliphatic heterocycles. The van der Waals surface area contributed by atoms with E-state index in [2.05, 4.69) is 15.5 Å². The number of rotatable bonds is 5. The first-order valence-electron chi connectivity index (χ1n) is 7.15. The number of ether oxygens (including phenoxy) is 1. The molecule has 1 aromatic heterocycles. The van der Waals surface area contributed by atoms with E-state index in [1.807, 2.05) is 42.5 Å². The van der Waals surface area contributed by atoms with Crippen LogP contribution in [0.4, 0.5) is 0 Å². The SMILES string of the molecule is O=C(COc1cccc2ccccc12)N/N=C\c1ccncc1. The molecule has 2 aromatic carbocycles. The molecule has 5 nitrogen and oxygen atoms in total. The number of carbonyl (C=O) groups is 1. The van der Waals surface area contributed by atoms with E-state index in [0.29, 0.717) is 5.75 Å². The van der Waals surface area contributed by atoms with Crippen molar-refractivity contribution in [3.05, 3.63) is 72.6 Å². The maximum atomic E-state index is 11.8. The zero-order chi connectivity index (χ0) is 15.9. The van der Waals surface area contributed by atoms with Crippen LogP contribution in [0.5, 0.6) is 5.75 Å². The van der Waals surface area contributed by atoms with Crippen LogP contribution in [-0.2, 0) is 4.79 Å². The lowest BCUT2D eigenvalue weighted by atomic mass is 10.1. The van der Waals surface area contributed by atoms with Crippen LogP contribution in [0.2, 0.25) is 0 Å². The summed E-state index contributed by atoms with van der Waals surface area (Å²) in [6.07, 6.45) is 4.87. The summed E-state index contributed by atoms with van der Waals surface area (Å²) >= 11 is 0. The highest BCUT2D eigenvalue weighted by atomic mass is 16.5. The number of hydrazone groups is 1. The molecule has 1 N–H and O–H groups in total. The van der Waals surface area contributed by atoms with Gasteiger partial charge in [0.15, 0.2) is 6.61 Å². The molecule has 3 aromatic rings.